The number of nitrogens with zero attached hydrogens (tertiary/aromatic N) is 1. The fraction of sp³-hybridized carbons (Fsp3) is 0.100. The molecule has 0 fully saturated rings. The summed E-state index contributed by atoms with van der Waals surface area (Å²) in [7, 11) is 0. The fourth-order valence-corrected chi connectivity index (χ4v) is 1.28. The highest BCUT2D eigenvalue weighted by atomic mass is 19.4. The van der Waals surface area contributed by atoms with E-state index in [1.165, 1.54) is 18.3 Å². The molecule has 0 saturated carbocycles. The van der Waals surface area contributed by atoms with E-state index in [0.717, 1.165) is 0 Å². The minimum absolute atomic E-state index is 0.115. The third kappa shape index (κ3) is 1.91. The molecule has 2 aromatic rings. The molecule has 0 N–H and O–H groups in total. The molecule has 2 rings (SSSR count). The molecule has 0 aliphatic heterocycles. The van der Waals surface area contributed by atoms with Crippen molar-refractivity contribution >= 4 is 16.9 Å². The molecule has 2 heterocycles. The van der Waals surface area contributed by atoms with Gasteiger partial charge in [0.15, 0.2) is 0 Å². The maximum Gasteiger partial charge on any atom is 0.455 e. The van der Waals surface area contributed by atoms with Crippen LogP contribution >= 0.6 is 0 Å². The molecule has 17 heavy (non-hydrogen) atoms. The van der Waals surface area contributed by atoms with Crippen molar-refractivity contribution in [1.29, 1.82) is 0 Å². The molecule has 4 nitrogen and oxygen atoms in total. The van der Waals surface area contributed by atoms with Gasteiger partial charge in [-0.3, -0.25) is 9.59 Å². The van der Waals surface area contributed by atoms with Crippen LogP contribution in [0.25, 0.3) is 11.1 Å². The van der Waals surface area contributed by atoms with Crippen molar-refractivity contribution < 1.29 is 22.4 Å². The third-order valence-corrected chi connectivity index (χ3v) is 2.05. The lowest BCUT2D eigenvalue weighted by Crippen LogP contribution is -2.28. The van der Waals surface area contributed by atoms with Gasteiger partial charge in [0.1, 0.15) is 11.8 Å². The zero-order chi connectivity index (χ0) is 12.6. The van der Waals surface area contributed by atoms with E-state index in [1.54, 1.807) is 0 Å². The summed E-state index contributed by atoms with van der Waals surface area (Å²) >= 11 is 0. The molecule has 0 aromatic carbocycles. The predicted molar refractivity (Wildman–Crippen MR) is 50.7 cm³/mol. The Labute approximate surface area is 91.7 Å². The van der Waals surface area contributed by atoms with E-state index >= 15 is 0 Å². The van der Waals surface area contributed by atoms with Crippen molar-refractivity contribution in [2.75, 3.05) is 0 Å². The van der Waals surface area contributed by atoms with E-state index in [1.807, 2.05) is 0 Å². The van der Waals surface area contributed by atoms with Crippen LogP contribution in [0.15, 0.2) is 33.8 Å². The quantitative estimate of drug-likeness (QED) is 0.718. The average molecular weight is 243 g/mol. The summed E-state index contributed by atoms with van der Waals surface area (Å²) in [6, 6.07) is 2.60. The van der Waals surface area contributed by atoms with Gasteiger partial charge in [-0.05, 0) is 12.1 Å². The van der Waals surface area contributed by atoms with Crippen molar-refractivity contribution in [2.24, 2.45) is 0 Å². The maximum atomic E-state index is 12.2. The molecule has 0 radical (unpaired) electrons. The monoisotopic (exact) mass is 243 g/mol. The highest BCUT2D eigenvalue weighted by molar-refractivity contribution is 6.01. The number of carbonyl (C=O) groups is 1. The zero-order valence-corrected chi connectivity index (χ0v) is 8.12. The Morgan fingerprint density at radius 3 is 2.71 bits per heavy atom. The Morgan fingerprint density at radius 2 is 2.06 bits per heavy atom. The molecule has 7 heteroatoms. The Bertz CT molecular complexity index is 645. The molecule has 0 bridgehead atoms. The van der Waals surface area contributed by atoms with E-state index in [2.05, 4.69) is 4.98 Å². The van der Waals surface area contributed by atoms with Crippen LogP contribution in [0.1, 0.15) is 10.4 Å². The van der Waals surface area contributed by atoms with Crippen LogP contribution < -0.4 is 5.43 Å². The van der Waals surface area contributed by atoms with Crippen molar-refractivity contribution in [1.82, 2.24) is 4.98 Å². The Hall–Kier alpha value is -2.18. The zero-order valence-electron chi connectivity index (χ0n) is 8.12. The number of pyridine rings is 1. The Morgan fingerprint density at radius 1 is 1.35 bits per heavy atom. The van der Waals surface area contributed by atoms with Crippen LogP contribution in [0.3, 0.4) is 0 Å². The Kier molecular flexibility index (Phi) is 2.45. The molecule has 0 spiro atoms. The van der Waals surface area contributed by atoms with Gasteiger partial charge < -0.3 is 4.42 Å². The van der Waals surface area contributed by atoms with Crippen molar-refractivity contribution in [2.45, 2.75) is 6.18 Å². The van der Waals surface area contributed by atoms with Crippen LogP contribution in [0, 0.1) is 0 Å². The molecule has 0 amide bonds. The second kappa shape index (κ2) is 3.69. The van der Waals surface area contributed by atoms with Gasteiger partial charge in [-0.15, -0.1) is 0 Å². The lowest BCUT2D eigenvalue weighted by Gasteiger charge is -2.04. The SMILES string of the molecule is O=C(c1coc2ncccc2c1=O)C(F)(F)F. The number of fused-ring (bicyclic) bond motifs is 1. The number of carbonyl (C=O) groups excluding carboxylic acids is 1. The van der Waals surface area contributed by atoms with Gasteiger partial charge in [-0.1, -0.05) is 0 Å². The Balaban J connectivity index is 2.70. The van der Waals surface area contributed by atoms with E-state index in [4.69, 9.17) is 4.42 Å². The first-order valence-electron chi connectivity index (χ1n) is 4.39. The molecule has 0 saturated heterocycles. The third-order valence-electron chi connectivity index (χ3n) is 2.05. The molecular weight excluding hydrogens is 239 g/mol. The molecule has 2 aromatic heterocycles. The molecule has 0 unspecified atom stereocenters. The predicted octanol–water partition coefficient (Wildman–Crippen LogP) is 1.93. The van der Waals surface area contributed by atoms with E-state index in [9.17, 15) is 22.8 Å². The lowest BCUT2D eigenvalue weighted by molar-refractivity contribution is -0.0886. The van der Waals surface area contributed by atoms with Crippen molar-refractivity contribution in [3.8, 4) is 0 Å². The summed E-state index contributed by atoms with van der Waals surface area (Å²) in [6.07, 6.45) is -3.31. The first-order chi connectivity index (χ1) is 7.91. The van der Waals surface area contributed by atoms with Crippen LogP contribution in [0.5, 0.6) is 0 Å². The molecule has 0 aliphatic carbocycles. The summed E-state index contributed by atoms with van der Waals surface area (Å²) < 4.78 is 41.2. The highest BCUT2D eigenvalue weighted by Gasteiger charge is 2.41. The van der Waals surface area contributed by atoms with Gasteiger partial charge in [0.25, 0.3) is 5.78 Å². The smallest absolute Gasteiger partial charge is 0.445 e. The first kappa shape index (κ1) is 11.3. The number of aromatic nitrogens is 1. The van der Waals surface area contributed by atoms with Crippen molar-refractivity contribution in [3.63, 3.8) is 0 Å². The molecule has 0 aliphatic rings. The number of Topliss-reactive ketones (excluding diaryl/α,β-unsaturated/α-hetero) is 1. The van der Waals surface area contributed by atoms with Gasteiger partial charge in [-0.2, -0.15) is 13.2 Å². The maximum absolute atomic E-state index is 12.2. The summed E-state index contributed by atoms with van der Waals surface area (Å²) in [5, 5.41) is -0.164. The summed E-state index contributed by atoms with van der Waals surface area (Å²) in [5.74, 6) is -2.22. The number of halogens is 3. The number of ketones is 1. The first-order valence-corrected chi connectivity index (χ1v) is 4.39. The number of alkyl halides is 3. The van der Waals surface area contributed by atoms with Gasteiger partial charge >= 0.3 is 6.18 Å². The van der Waals surface area contributed by atoms with E-state index < -0.39 is 23.0 Å². The molecule has 88 valence electrons. The summed E-state index contributed by atoms with van der Waals surface area (Å²) in [6.45, 7) is 0. The van der Waals surface area contributed by atoms with Crippen LogP contribution in [-0.4, -0.2) is 16.9 Å². The lowest BCUT2D eigenvalue weighted by atomic mass is 10.1. The highest BCUT2D eigenvalue weighted by Crippen LogP contribution is 2.20. The standard InChI is InChI=1S/C10H4F3NO3/c11-10(12,13)8(16)6-4-17-9-5(7(6)15)2-1-3-14-9/h1-4H. The van der Waals surface area contributed by atoms with Crippen molar-refractivity contribution in [3.05, 3.63) is 40.4 Å². The second-order valence-corrected chi connectivity index (χ2v) is 3.16. The molecule has 0 atom stereocenters. The summed E-state index contributed by atoms with van der Waals surface area (Å²) in [5.41, 5.74) is -2.20. The number of rotatable bonds is 1. The van der Waals surface area contributed by atoms with E-state index in [0.29, 0.717) is 6.26 Å². The number of hydrogen-bond acceptors (Lipinski definition) is 4. The van der Waals surface area contributed by atoms with E-state index in [-0.39, 0.29) is 11.1 Å². The van der Waals surface area contributed by atoms with Crippen LogP contribution in [-0.2, 0) is 0 Å². The second-order valence-electron chi connectivity index (χ2n) is 3.16. The van der Waals surface area contributed by atoms with Gasteiger partial charge in [0, 0.05) is 6.20 Å². The summed E-state index contributed by atoms with van der Waals surface area (Å²) in [4.78, 5) is 26.2. The topological polar surface area (TPSA) is 60.2 Å². The number of hydrogen-bond donors (Lipinski definition) is 0. The molecular formula is C10H4F3NO3. The average Bonchev–Trinajstić information content (AvgIpc) is 2.28. The van der Waals surface area contributed by atoms with Gasteiger partial charge in [0.2, 0.25) is 11.1 Å². The minimum Gasteiger partial charge on any atom is -0.445 e. The fourth-order valence-electron chi connectivity index (χ4n) is 1.28. The van der Waals surface area contributed by atoms with Gasteiger partial charge in [-0.25, -0.2) is 4.98 Å². The normalized spacial score (nSPS) is 11.7. The van der Waals surface area contributed by atoms with Crippen LogP contribution in [0.2, 0.25) is 0 Å². The largest absolute Gasteiger partial charge is 0.455 e. The van der Waals surface area contributed by atoms with Crippen LogP contribution in [0.4, 0.5) is 13.2 Å². The van der Waals surface area contributed by atoms with Gasteiger partial charge in [0.05, 0.1) is 5.39 Å². The minimum atomic E-state index is -5.11.